The van der Waals surface area contributed by atoms with Crippen LogP contribution in [0.15, 0.2) is 53.1 Å². The molecular weight excluding hydrogens is 448 g/mol. The number of nitrogens with zero attached hydrogens (tertiary/aromatic N) is 2. The highest BCUT2D eigenvalue weighted by molar-refractivity contribution is 6.02. The number of alkyl halides is 4. The number of amides is 1. The second-order valence-corrected chi connectivity index (χ2v) is 8.47. The van der Waals surface area contributed by atoms with Crippen LogP contribution < -0.4 is 4.74 Å². The molecule has 3 aliphatic rings. The highest BCUT2D eigenvalue weighted by Gasteiger charge is 2.38. The van der Waals surface area contributed by atoms with Crippen molar-refractivity contribution in [2.75, 3.05) is 6.54 Å². The summed E-state index contributed by atoms with van der Waals surface area (Å²) in [6, 6.07) is 4.85. The molecule has 1 heterocycles. The monoisotopic (exact) mass is 470 g/mol. The lowest BCUT2D eigenvalue weighted by Gasteiger charge is -2.34. The summed E-state index contributed by atoms with van der Waals surface area (Å²) in [7, 11) is 0. The molecule has 34 heavy (non-hydrogen) atoms. The lowest BCUT2D eigenvalue weighted by Crippen LogP contribution is -2.41. The van der Waals surface area contributed by atoms with Crippen molar-refractivity contribution in [3.8, 4) is 23.7 Å². The van der Waals surface area contributed by atoms with Crippen LogP contribution in [-0.2, 0) is 11.0 Å². The Morgan fingerprint density at radius 2 is 1.88 bits per heavy atom. The Bertz CT molecular complexity index is 1190. The summed E-state index contributed by atoms with van der Waals surface area (Å²) in [6.07, 6.45) is 0.713. The predicted molar refractivity (Wildman–Crippen MR) is 117 cm³/mol. The summed E-state index contributed by atoms with van der Waals surface area (Å²) in [6.45, 7) is 2.02. The molecule has 4 nitrogen and oxygen atoms in total. The first kappa shape index (κ1) is 23.6. The minimum atomic E-state index is -4.64. The van der Waals surface area contributed by atoms with E-state index in [0.717, 1.165) is 17.7 Å². The molecule has 1 aromatic rings. The van der Waals surface area contributed by atoms with Gasteiger partial charge in [-0.3, -0.25) is 4.79 Å². The molecule has 2 fully saturated rings. The standard InChI is InChI=1S/C26H22F4N2O2/c1-2-3-16-4-5-18-15-32(25(33)22(18)13-24(16)27)19-7-10-20(11-8-19)34-21-9-6-17(14-31)23(12-21)26(28,29)30/h4-6,9,12-13,19-20,24H,7-8,10-11,15H2,1H3/t19-,20-,24?. The molecule has 1 aliphatic heterocycles. The van der Waals surface area contributed by atoms with Gasteiger partial charge in [0.15, 0.2) is 6.17 Å². The number of benzene rings is 1. The Kier molecular flexibility index (Phi) is 6.52. The smallest absolute Gasteiger partial charge is 0.417 e. The Labute approximate surface area is 195 Å². The largest absolute Gasteiger partial charge is 0.490 e. The van der Waals surface area contributed by atoms with E-state index in [1.165, 1.54) is 12.1 Å². The van der Waals surface area contributed by atoms with E-state index < -0.39 is 23.5 Å². The van der Waals surface area contributed by atoms with Gasteiger partial charge in [0.1, 0.15) is 5.75 Å². The maximum absolute atomic E-state index is 14.5. The van der Waals surface area contributed by atoms with E-state index in [2.05, 4.69) is 11.8 Å². The van der Waals surface area contributed by atoms with E-state index in [9.17, 15) is 22.4 Å². The van der Waals surface area contributed by atoms with Crippen molar-refractivity contribution in [1.82, 2.24) is 4.90 Å². The minimum absolute atomic E-state index is 0.0512. The summed E-state index contributed by atoms with van der Waals surface area (Å²) in [5, 5.41) is 8.93. The number of hydrogen-bond donors (Lipinski definition) is 0. The van der Waals surface area contributed by atoms with Crippen molar-refractivity contribution in [1.29, 1.82) is 5.26 Å². The van der Waals surface area contributed by atoms with Crippen LogP contribution in [0.1, 0.15) is 43.7 Å². The second kappa shape index (κ2) is 9.38. The fraction of sp³-hybridized carbons (Fsp3) is 0.385. The molecule has 0 bridgehead atoms. The zero-order chi connectivity index (χ0) is 24.5. The molecule has 1 unspecified atom stereocenters. The van der Waals surface area contributed by atoms with Gasteiger partial charge in [0.25, 0.3) is 5.91 Å². The number of rotatable bonds is 3. The number of nitriles is 1. The number of carbonyl (C=O) groups is 1. The van der Waals surface area contributed by atoms with Crippen molar-refractivity contribution >= 4 is 5.91 Å². The van der Waals surface area contributed by atoms with Crippen LogP contribution in [-0.4, -0.2) is 35.7 Å². The maximum Gasteiger partial charge on any atom is 0.417 e. The summed E-state index contributed by atoms with van der Waals surface area (Å²) in [5.74, 6) is 5.26. The molecule has 0 radical (unpaired) electrons. The van der Waals surface area contributed by atoms with Gasteiger partial charge in [-0.15, -0.1) is 5.92 Å². The number of hydrogen-bond acceptors (Lipinski definition) is 3. The molecule has 1 atom stereocenters. The SMILES string of the molecule is CC#CC1=CC=C2CN([C@H]3CC[C@H](Oc4ccc(C#N)c(C(F)(F)F)c4)CC3)C(=O)C2=CC1F. The van der Waals surface area contributed by atoms with Crippen LogP contribution >= 0.6 is 0 Å². The van der Waals surface area contributed by atoms with Gasteiger partial charge in [-0.25, -0.2) is 4.39 Å². The van der Waals surface area contributed by atoms with Crippen LogP contribution in [0.2, 0.25) is 0 Å². The third kappa shape index (κ3) is 4.72. The number of allylic oxidation sites excluding steroid dienone is 4. The summed E-state index contributed by atoms with van der Waals surface area (Å²) >= 11 is 0. The quantitative estimate of drug-likeness (QED) is 0.447. The maximum atomic E-state index is 14.5. The first-order valence-electron chi connectivity index (χ1n) is 11.0. The third-order valence-corrected chi connectivity index (χ3v) is 6.33. The molecule has 0 spiro atoms. The Morgan fingerprint density at radius 3 is 2.53 bits per heavy atom. The normalized spacial score (nSPS) is 24.6. The Balaban J connectivity index is 1.41. The average Bonchev–Trinajstić information content (AvgIpc) is 3.02. The molecule has 1 amide bonds. The number of halogens is 4. The molecule has 0 aromatic heterocycles. The molecule has 8 heteroatoms. The lowest BCUT2D eigenvalue weighted by molar-refractivity contribution is -0.138. The predicted octanol–water partition coefficient (Wildman–Crippen LogP) is 5.26. The highest BCUT2D eigenvalue weighted by atomic mass is 19.4. The molecule has 1 aromatic carbocycles. The van der Waals surface area contributed by atoms with E-state index in [1.54, 1.807) is 30.0 Å². The lowest BCUT2D eigenvalue weighted by atomic mass is 9.92. The molecule has 1 saturated heterocycles. The molecule has 1 saturated carbocycles. The Hall–Kier alpha value is -3.52. The van der Waals surface area contributed by atoms with E-state index in [0.29, 0.717) is 43.4 Å². The van der Waals surface area contributed by atoms with Crippen molar-refractivity contribution in [3.63, 3.8) is 0 Å². The zero-order valence-electron chi connectivity index (χ0n) is 18.5. The third-order valence-electron chi connectivity index (χ3n) is 6.33. The van der Waals surface area contributed by atoms with Crippen molar-refractivity contribution in [2.45, 2.75) is 57.1 Å². The number of ether oxygens (including phenoxy) is 1. The fourth-order valence-corrected chi connectivity index (χ4v) is 4.62. The fourth-order valence-electron chi connectivity index (χ4n) is 4.62. The highest BCUT2D eigenvalue weighted by Crippen LogP contribution is 2.37. The van der Waals surface area contributed by atoms with Crippen LogP contribution in [0.4, 0.5) is 17.6 Å². The molecule has 176 valence electrons. The second-order valence-electron chi connectivity index (χ2n) is 8.47. The Morgan fingerprint density at radius 1 is 1.15 bits per heavy atom. The van der Waals surface area contributed by atoms with E-state index >= 15 is 0 Å². The van der Waals surface area contributed by atoms with E-state index in [1.807, 2.05) is 0 Å². The van der Waals surface area contributed by atoms with Gasteiger partial charge in [0.2, 0.25) is 0 Å². The molecule has 0 N–H and O–H groups in total. The number of fused-ring (bicyclic) bond motifs is 1. The van der Waals surface area contributed by atoms with E-state index in [4.69, 9.17) is 10.00 Å². The van der Waals surface area contributed by atoms with Crippen molar-refractivity contribution in [3.05, 3.63) is 64.3 Å². The zero-order valence-corrected chi connectivity index (χ0v) is 18.5. The number of carbonyl (C=O) groups excluding carboxylic acids is 1. The summed E-state index contributed by atoms with van der Waals surface area (Å²) < 4.78 is 59.9. The van der Waals surface area contributed by atoms with Gasteiger partial charge < -0.3 is 9.64 Å². The first-order chi connectivity index (χ1) is 16.2. The van der Waals surface area contributed by atoms with Crippen LogP contribution in [0.25, 0.3) is 0 Å². The van der Waals surface area contributed by atoms with Gasteiger partial charge >= 0.3 is 6.18 Å². The van der Waals surface area contributed by atoms with Crippen LogP contribution in [0, 0.1) is 23.2 Å². The van der Waals surface area contributed by atoms with Crippen LogP contribution in [0.5, 0.6) is 5.75 Å². The summed E-state index contributed by atoms with van der Waals surface area (Å²) in [5.41, 5.74) is -0.0118. The van der Waals surface area contributed by atoms with Gasteiger partial charge in [-0.05, 0) is 68.5 Å². The van der Waals surface area contributed by atoms with Crippen molar-refractivity contribution < 1.29 is 27.1 Å². The van der Waals surface area contributed by atoms with Gasteiger partial charge in [0.05, 0.1) is 23.3 Å². The molecule has 2 aliphatic carbocycles. The van der Waals surface area contributed by atoms with Crippen LogP contribution in [0.3, 0.4) is 0 Å². The topological polar surface area (TPSA) is 53.3 Å². The van der Waals surface area contributed by atoms with Crippen molar-refractivity contribution in [2.24, 2.45) is 0 Å². The molecule has 4 rings (SSSR count). The van der Waals surface area contributed by atoms with Gasteiger partial charge in [-0.2, -0.15) is 18.4 Å². The number of likely N-dealkylation sites (tertiary alicyclic amines) is 1. The first-order valence-corrected chi connectivity index (χ1v) is 11.0. The average molecular weight is 470 g/mol. The summed E-state index contributed by atoms with van der Waals surface area (Å²) in [4.78, 5) is 14.7. The van der Waals surface area contributed by atoms with Gasteiger partial charge in [0, 0.05) is 23.7 Å². The minimum Gasteiger partial charge on any atom is -0.490 e. The van der Waals surface area contributed by atoms with Gasteiger partial charge in [-0.1, -0.05) is 12.0 Å². The van der Waals surface area contributed by atoms with E-state index in [-0.39, 0.29) is 23.8 Å². The molecular formula is C26H22F4N2O2.